The summed E-state index contributed by atoms with van der Waals surface area (Å²) in [5.41, 5.74) is 3.74. The summed E-state index contributed by atoms with van der Waals surface area (Å²) in [5, 5.41) is 0. The van der Waals surface area contributed by atoms with Crippen LogP contribution in [0, 0.1) is 0 Å². The van der Waals surface area contributed by atoms with Crippen molar-refractivity contribution in [2.24, 2.45) is 0 Å². The van der Waals surface area contributed by atoms with E-state index in [0.717, 1.165) is 18.7 Å². The molecule has 0 aliphatic carbocycles. The van der Waals surface area contributed by atoms with Gasteiger partial charge in [0.05, 0.1) is 0 Å². The molecule has 0 N–H and O–H groups in total. The summed E-state index contributed by atoms with van der Waals surface area (Å²) in [7, 11) is 0. The van der Waals surface area contributed by atoms with E-state index in [-0.39, 0.29) is 0 Å². The van der Waals surface area contributed by atoms with E-state index in [1.54, 1.807) is 0 Å². The van der Waals surface area contributed by atoms with Gasteiger partial charge in [-0.3, -0.25) is 0 Å². The maximum Gasteiger partial charge on any atom is 0.0362 e. The van der Waals surface area contributed by atoms with Crippen LogP contribution in [0.2, 0.25) is 0 Å². The summed E-state index contributed by atoms with van der Waals surface area (Å²) in [6.45, 7) is 11.5. The van der Waals surface area contributed by atoms with Crippen LogP contribution >= 0.6 is 0 Å². The molecule has 0 saturated carbocycles. The molecular weight excluding hydrogens is 146 g/mol. The third kappa shape index (κ3) is 1.79. The van der Waals surface area contributed by atoms with E-state index in [0.29, 0.717) is 0 Å². The van der Waals surface area contributed by atoms with Gasteiger partial charge in [0.1, 0.15) is 0 Å². The topological polar surface area (TPSA) is 3.24 Å². The van der Waals surface area contributed by atoms with Gasteiger partial charge in [-0.15, -0.1) is 0 Å². The van der Waals surface area contributed by atoms with Gasteiger partial charge >= 0.3 is 0 Å². The Morgan fingerprint density at radius 2 is 2.08 bits per heavy atom. The van der Waals surface area contributed by atoms with Crippen LogP contribution in [0.5, 0.6) is 0 Å². The molecule has 0 amide bonds. The molecule has 1 aliphatic heterocycles. The predicted octanol–water partition coefficient (Wildman–Crippen LogP) is 3.08. The Labute approximate surface area is 75.1 Å². The third-order valence-electron chi connectivity index (χ3n) is 2.07. The molecule has 0 atom stereocenters. The highest BCUT2D eigenvalue weighted by Gasteiger charge is 2.09. The first-order chi connectivity index (χ1) is 5.65. The average Bonchev–Trinajstić information content (AvgIpc) is 2.00. The fraction of sp³-hybridized carbons (Fsp3) is 0.455. The Morgan fingerprint density at radius 1 is 1.42 bits per heavy atom. The molecule has 0 aromatic rings. The molecule has 0 aromatic heterocycles. The molecular formula is C11H17N. The highest BCUT2D eigenvalue weighted by Crippen LogP contribution is 2.21. The Hall–Kier alpha value is -0.980. The fourth-order valence-electron chi connectivity index (χ4n) is 1.45. The number of hydrogen-bond acceptors (Lipinski definition) is 1. The van der Waals surface area contributed by atoms with Crippen LogP contribution in [0.15, 0.2) is 35.7 Å². The zero-order valence-corrected chi connectivity index (χ0v) is 8.22. The summed E-state index contributed by atoms with van der Waals surface area (Å²) >= 11 is 0. The van der Waals surface area contributed by atoms with Gasteiger partial charge in [-0.1, -0.05) is 19.6 Å². The standard InChI is InChI=1S/C11H17N/c1-5-6-12-8-9(2)7-10(3)11(12)4/h7-8H,4-6H2,1-3H3. The average molecular weight is 163 g/mol. The Kier molecular flexibility index (Phi) is 2.74. The van der Waals surface area contributed by atoms with E-state index in [1.165, 1.54) is 11.1 Å². The zero-order valence-electron chi connectivity index (χ0n) is 8.22. The van der Waals surface area contributed by atoms with Crippen molar-refractivity contribution in [1.82, 2.24) is 4.90 Å². The van der Waals surface area contributed by atoms with Crippen molar-refractivity contribution in [3.8, 4) is 0 Å². The predicted molar refractivity (Wildman–Crippen MR) is 53.7 cm³/mol. The van der Waals surface area contributed by atoms with Crippen LogP contribution in [-0.2, 0) is 0 Å². The van der Waals surface area contributed by atoms with Gasteiger partial charge < -0.3 is 4.90 Å². The second-order valence-corrected chi connectivity index (χ2v) is 3.34. The van der Waals surface area contributed by atoms with E-state index >= 15 is 0 Å². The largest absolute Gasteiger partial charge is 0.348 e. The van der Waals surface area contributed by atoms with Crippen molar-refractivity contribution in [1.29, 1.82) is 0 Å². The van der Waals surface area contributed by atoms with Crippen LogP contribution in [0.3, 0.4) is 0 Å². The smallest absolute Gasteiger partial charge is 0.0362 e. The third-order valence-corrected chi connectivity index (χ3v) is 2.07. The number of nitrogens with zero attached hydrogens (tertiary/aromatic N) is 1. The summed E-state index contributed by atoms with van der Waals surface area (Å²) in [4.78, 5) is 2.23. The van der Waals surface area contributed by atoms with Crippen molar-refractivity contribution >= 4 is 0 Å². The first kappa shape index (κ1) is 9.11. The van der Waals surface area contributed by atoms with Crippen molar-refractivity contribution in [3.63, 3.8) is 0 Å². The highest BCUT2D eigenvalue weighted by molar-refractivity contribution is 5.38. The van der Waals surface area contributed by atoms with E-state index < -0.39 is 0 Å². The van der Waals surface area contributed by atoms with Crippen molar-refractivity contribution < 1.29 is 0 Å². The second-order valence-electron chi connectivity index (χ2n) is 3.34. The molecule has 12 heavy (non-hydrogen) atoms. The van der Waals surface area contributed by atoms with Crippen LogP contribution < -0.4 is 0 Å². The Balaban J connectivity index is 2.79. The molecule has 66 valence electrons. The maximum absolute atomic E-state index is 4.04. The SMILES string of the molecule is C=C1C(C)=CC(C)=CN1CCC. The lowest BCUT2D eigenvalue weighted by atomic mass is 10.1. The second kappa shape index (κ2) is 3.61. The van der Waals surface area contributed by atoms with Crippen LogP contribution in [-0.4, -0.2) is 11.4 Å². The normalized spacial score (nSPS) is 17.6. The van der Waals surface area contributed by atoms with Gasteiger partial charge in [0.15, 0.2) is 0 Å². The number of allylic oxidation sites excluding steroid dienone is 3. The molecule has 0 unspecified atom stereocenters. The van der Waals surface area contributed by atoms with Crippen LogP contribution in [0.1, 0.15) is 27.2 Å². The first-order valence-corrected chi connectivity index (χ1v) is 4.47. The minimum absolute atomic E-state index is 1.07. The zero-order chi connectivity index (χ0) is 9.14. The Bertz CT molecular complexity index is 246. The fourth-order valence-corrected chi connectivity index (χ4v) is 1.45. The Morgan fingerprint density at radius 3 is 2.67 bits per heavy atom. The molecule has 0 spiro atoms. The maximum atomic E-state index is 4.04. The van der Waals surface area contributed by atoms with E-state index in [2.05, 4.69) is 44.5 Å². The van der Waals surface area contributed by atoms with Crippen LogP contribution in [0.4, 0.5) is 0 Å². The molecule has 1 heteroatoms. The quantitative estimate of drug-likeness (QED) is 0.604. The highest BCUT2D eigenvalue weighted by atomic mass is 15.1. The molecule has 1 heterocycles. The molecule has 0 bridgehead atoms. The van der Waals surface area contributed by atoms with Crippen molar-refractivity contribution in [2.75, 3.05) is 6.54 Å². The molecule has 1 rings (SSSR count). The lowest BCUT2D eigenvalue weighted by Crippen LogP contribution is -2.20. The summed E-state index contributed by atoms with van der Waals surface area (Å²) in [5.74, 6) is 0. The monoisotopic (exact) mass is 163 g/mol. The van der Waals surface area contributed by atoms with Gasteiger partial charge in [0, 0.05) is 18.4 Å². The number of rotatable bonds is 2. The van der Waals surface area contributed by atoms with Gasteiger partial charge in [-0.05, 0) is 31.4 Å². The van der Waals surface area contributed by atoms with E-state index in [1.807, 2.05) is 0 Å². The van der Waals surface area contributed by atoms with Gasteiger partial charge in [0.25, 0.3) is 0 Å². The van der Waals surface area contributed by atoms with E-state index in [9.17, 15) is 0 Å². The first-order valence-electron chi connectivity index (χ1n) is 4.47. The molecule has 1 nitrogen and oxygen atoms in total. The van der Waals surface area contributed by atoms with E-state index in [4.69, 9.17) is 0 Å². The van der Waals surface area contributed by atoms with Crippen molar-refractivity contribution in [2.45, 2.75) is 27.2 Å². The van der Waals surface area contributed by atoms with Gasteiger partial charge in [-0.2, -0.15) is 0 Å². The summed E-state index contributed by atoms with van der Waals surface area (Å²) < 4.78 is 0. The lowest BCUT2D eigenvalue weighted by molar-refractivity contribution is 0.463. The molecule has 0 saturated heterocycles. The molecule has 0 radical (unpaired) electrons. The summed E-state index contributed by atoms with van der Waals surface area (Å²) in [6.07, 6.45) is 5.50. The molecule has 0 fully saturated rings. The van der Waals surface area contributed by atoms with Gasteiger partial charge in [0.2, 0.25) is 0 Å². The van der Waals surface area contributed by atoms with Gasteiger partial charge in [-0.25, -0.2) is 0 Å². The number of hydrogen-bond donors (Lipinski definition) is 0. The van der Waals surface area contributed by atoms with Crippen molar-refractivity contribution in [3.05, 3.63) is 35.7 Å². The minimum atomic E-state index is 1.07. The molecule has 0 aromatic carbocycles. The summed E-state index contributed by atoms with van der Waals surface area (Å²) in [6, 6.07) is 0. The molecule has 1 aliphatic rings. The lowest BCUT2D eigenvalue weighted by Gasteiger charge is -2.27. The minimum Gasteiger partial charge on any atom is -0.348 e. The van der Waals surface area contributed by atoms with Crippen LogP contribution in [0.25, 0.3) is 0 Å².